The highest BCUT2D eigenvalue weighted by Crippen LogP contribution is 2.77. The quantitative estimate of drug-likeness (QED) is 0.327. The van der Waals surface area contributed by atoms with Gasteiger partial charge in [-0.1, -0.05) is 54.4 Å². The van der Waals surface area contributed by atoms with Crippen LogP contribution in [0.5, 0.6) is 0 Å². The van der Waals surface area contributed by atoms with Crippen molar-refractivity contribution in [3.8, 4) is 0 Å². The summed E-state index contributed by atoms with van der Waals surface area (Å²) in [5.41, 5.74) is 0.437. The second-order valence-corrected chi connectivity index (χ2v) is 14.1. The number of epoxide rings is 1. The minimum Gasteiger partial charge on any atom is -0.393 e. The number of fused-ring (bicyclic) bond motifs is 3. The van der Waals surface area contributed by atoms with Gasteiger partial charge in [-0.3, -0.25) is 0 Å². The number of rotatable bonds is 6. The first-order chi connectivity index (χ1) is 15.1. The average molecular weight is 465 g/mol. The van der Waals surface area contributed by atoms with Crippen LogP contribution < -0.4 is 0 Å². The molecule has 0 aromatic heterocycles. The van der Waals surface area contributed by atoms with E-state index in [0.29, 0.717) is 17.8 Å². The summed E-state index contributed by atoms with van der Waals surface area (Å²) >= 11 is 7.49. The summed E-state index contributed by atoms with van der Waals surface area (Å²) in [6, 6.07) is 0. The Morgan fingerprint density at radius 3 is 2.41 bits per heavy atom. The maximum Gasteiger partial charge on any atom is 0.105 e. The zero-order chi connectivity index (χ0) is 23.1. The first-order valence-electron chi connectivity index (χ1n) is 14.1. The Kier molecular flexibility index (Phi) is 6.08. The lowest BCUT2D eigenvalue weighted by molar-refractivity contribution is -0.120. The molecular weight excluding hydrogens is 416 g/mol. The first kappa shape index (κ1) is 23.9. The van der Waals surface area contributed by atoms with Gasteiger partial charge in [0.15, 0.2) is 0 Å². The van der Waals surface area contributed by atoms with Gasteiger partial charge >= 0.3 is 0 Å². The van der Waals surface area contributed by atoms with Crippen molar-refractivity contribution in [2.75, 3.05) is 0 Å². The van der Waals surface area contributed by atoms with E-state index >= 15 is 0 Å². The molecule has 0 aromatic carbocycles. The van der Waals surface area contributed by atoms with E-state index in [1.165, 1.54) is 44.9 Å². The molecule has 0 unspecified atom stereocenters. The third-order valence-electron chi connectivity index (χ3n) is 12.3. The molecule has 5 fully saturated rings. The van der Waals surface area contributed by atoms with E-state index in [1.807, 2.05) is 0 Å². The van der Waals surface area contributed by atoms with Gasteiger partial charge in [-0.15, -0.1) is 11.6 Å². The molecule has 184 valence electrons. The molecule has 4 saturated carbocycles. The van der Waals surface area contributed by atoms with Crippen LogP contribution in [0.25, 0.3) is 0 Å². The van der Waals surface area contributed by atoms with Gasteiger partial charge in [-0.25, -0.2) is 0 Å². The van der Waals surface area contributed by atoms with Gasteiger partial charge in [0.1, 0.15) is 11.7 Å². The van der Waals surface area contributed by atoms with E-state index in [-0.39, 0.29) is 34.0 Å². The van der Waals surface area contributed by atoms with Gasteiger partial charge in [0.2, 0.25) is 0 Å². The average Bonchev–Trinajstić information content (AvgIpc) is 3.40. The first-order valence-corrected chi connectivity index (χ1v) is 14.5. The van der Waals surface area contributed by atoms with Crippen molar-refractivity contribution in [2.24, 2.45) is 52.3 Å². The normalized spacial score (nSPS) is 53.7. The van der Waals surface area contributed by atoms with Crippen LogP contribution in [-0.2, 0) is 4.74 Å². The van der Waals surface area contributed by atoms with Gasteiger partial charge in [-0.05, 0) is 98.2 Å². The Bertz CT molecular complexity index is 709. The van der Waals surface area contributed by atoms with E-state index < -0.39 is 0 Å². The molecule has 2 nitrogen and oxygen atoms in total. The molecule has 0 bridgehead atoms. The summed E-state index contributed by atoms with van der Waals surface area (Å²) in [6.45, 7) is 14.8. The largest absolute Gasteiger partial charge is 0.393 e. The summed E-state index contributed by atoms with van der Waals surface area (Å²) in [6.07, 6.45) is 12.5. The van der Waals surface area contributed by atoms with Gasteiger partial charge in [0.25, 0.3) is 0 Å². The van der Waals surface area contributed by atoms with Crippen molar-refractivity contribution >= 4 is 11.6 Å². The summed E-state index contributed by atoms with van der Waals surface area (Å²) in [4.78, 5) is 0. The second kappa shape index (κ2) is 8.12. The number of ether oxygens (including phenoxy) is 1. The van der Waals surface area contributed by atoms with Crippen LogP contribution in [0.2, 0.25) is 0 Å². The topological polar surface area (TPSA) is 32.8 Å². The fourth-order valence-corrected chi connectivity index (χ4v) is 10.8. The summed E-state index contributed by atoms with van der Waals surface area (Å²) < 4.78 is 6.85. The Morgan fingerprint density at radius 1 is 1.00 bits per heavy atom. The van der Waals surface area contributed by atoms with Gasteiger partial charge in [0, 0.05) is 5.41 Å². The molecule has 1 N–H and O–H groups in total. The Labute approximate surface area is 202 Å². The molecule has 5 rings (SSSR count). The van der Waals surface area contributed by atoms with Crippen molar-refractivity contribution in [2.45, 2.75) is 129 Å². The molecular formula is C29H49ClO2. The lowest BCUT2D eigenvalue weighted by atomic mass is 9.44. The highest BCUT2D eigenvalue weighted by atomic mass is 35.5. The van der Waals surface area contributed by atoms with Crippen molar-refractivity contribution in [3.05, 3.63) is 0 Å². The van der Waals surface area contributed by atoms with Crippen LogP contribution in [0.1, 0.15) is 106 Å². The van der Waals surface area contributed by atoms with Crippen LogP contribution in [0, 0.1) is 52.3 Å². The van der Waals surface area contributed by atoms with Gasteiger partial charge in [-0.2, -0.15) is 0 Å². The molecule has 0 radical (unpaired) electrons. The van der Waals surface area contributed by atoms with Crippen LogP contribution in [-0.4, -0.2) is 28.3 Å². The standard InChI is InChI=1S/C29H49ClO2/c1-7-19(17(2)3)9-8-18(4)22-12-13-23-24-11-10-20-16-21(31)14-15-27(20,5)29(24)26(32-29)25(30)28(22,23)6/h17-26,31H,7-16H2,1-6H3/t18-,19-,20+,21+,22-,23+,24+,25+,26-,27+,28-,29+/m1/s1. The number of aliphatic hydroxyl groups excluding tert-OH is 1. The Morgan fingerprint density at radius 2 is 1.72 bits per heavy atom. The zero-order valence-electron chi connectivity index (χ0n) is 21.6. The molecule has 3 heteroatoms. The second-order valence-electron chi connectivity index (χ2n) is 13.6. The zero-order valence-corrected chi connectivity index (χ0v) is 22.3. The predicted molar refractivity (Wildman–Crippen MR) is 133 cm³/mol. The summed E-state index contributed by atoms with van der Waals surface area (Å²) in [5, 5.41) is 10.5. The molecule has 12 atom stereocenters. The number of halogens is 1. The maximum absolute atomic E-state index is 10.4. The van der Waals surface area contributed by atoms with Crippen molar-refractivity contribution in [1.82, 2.24) is 0 Å². The number of hydrogen-bond donors (Lipinski definition) is 1. The lowest BCUT2D eigenvalue weighted by Gasteiger charge is -2.60. The third kappa shape index (κ3) is 3.10. The van der Waals surface area contributed by atoms with E-state index in [0.717, 1.165) is 42.9 Å². The molecule has 1 spiro atoms. The molecule has 0 aromatic rings. The van der Waals surface area contributed by atoms with Crippen molar-refractivity contribution in [1.29, 1.82) is 0 Å². The fraction of sp³-hybridized carbons (Fsp3) is 1.00. The molecule has 1 aliphatic heterocycles. The molecule has 4 aliphatic carbocycles. The smallest absolute Gasteiger partial charge is 0.105 e. The van der Waals surface area contributed by atoms with Crippen molar-refractivity contribution in [3.63, 3.8) is 0 Å². The maximum atomic E-state index is 10.4. The highest BCUT2D eigenvalue weighted by molar-refractivity contribution is 6.22. The minimum atomic E-state index is -0.103. The lowest BCUT2D eigenvalue weighted by Crippen LogP contribution is -2.63. The highest BCUT2D eigenvalue weighted by Gasteiger charge is 2.82. The number of alkyl halides is 1. The van der Waals surface area contributed by atoms with Crippen molar-refractivity contribution < 1.29 is 9.84 Å². The van der Waals surface area contributed by atoms with E-state index in [4.69, 9.17) is 16.3 Å². The van der Waals surface area contributed by atoms with Gasteiger partial charge < -0.3 is 9.84 Å². The van der Waals surface area contributed by atoms with Crippen LogP contribution in [0.4, 0.5) is 0 Å². The molecule has 1 heterocycles. The SMILES string of the molecule is CC[C@H](CC[C@@H](C)[C@H]1CC[C@H]2[C@@H]3CC[C@H]4C[C@@H](O)CC[C@]4(C)[C@]34O[C@@H]4[C@H](Cl)[C@]12C)C(C)C. The molecule has 32 heavy (non-hydrogen) atoms. The summed E-state index contributed by atoms with van der Waals surface area (Å²) in [5.74, 6) is 5.14. The van der Waals surface area contributed by atoms with E-state index in [1.54, 1.807) is 0 Å². The number of aliphatic hydroxyl groups is 1. The molecule has 0 amide bonds. The minimum absolute atomic E-state index is 0.00965. The van der Waals surface area contributed by atoms with Crippen LogP contribution in [0.15, 0.2) is 0 Å². The summed E-state index contributed by atoms with van der Waals surface area (Å²) in [7, 11) is 0. The van der Waals surface area contributed by atoms with Gasteiger partial charge in [0.05, 0.1) is 11.5 Å². The Hall–Kier alpha value is 0.210. The van der Waals surface area contributed by atoms with E-state index in [2.05, 4.69) is 41.5 Å². The Balaban J connectivity index is 1.37. The molecule has 5 aliphatic rings. The third-order valence-corrected chi connectivity index (χ3v) is 13.0. The predicted octanol–water partition coefficient (Wildman–Crippen LogP) is 7.45. The number of hydrogen-bond acceptors (Lipinski definition) is 2. The van der Waals surface area contributed by atoms with Crippen LogP contribution in [0.3, 0.4) is 0 Å². The van der Waals surface area contributed by atoms with E-state index in [9.17, 15) is 5.11 Å². The monoisotopic (exact) mass is 464 g/mol. The van der Waals surface area contributed by atoms with Crippen LogP contribution >= 0.6 is 11.6 Å². The molecule has 1 saturated heterocycles. The fourth-order valence-electron chi connectivity index (χ4n) is 10.3.